The van der Waals surface area contributed by atoms with Crippen molar-refractivity contribution in [2.45, 2.75) is 27.3 Å². The second kappa shape index (κ2) is 10.7. The Bertz CT molecular complexity index is 1560. The first-order chi connectivity index (χ1) is 17.5. The van der Waals surface area contributed by atoms with Crippen molar-refractivity contribution in [1.82, 2.24) is 9.55 Å². The molecule has 0 saturated carbocycles. The molecule has 9 heteroatoms. The van der Waals surface area contributed by atoms with Gasteiger partial charge in [-0.05, 0) is 54.8 Å². The van der Waals surface area contributed by atoms with Gasteiger partial charge >= 0.3 is 0 Å². The first kappa shape index (κ1) is 27.0. The second-order valence-corrected chi connectivity index (χ2v) is 10.8. The normalized spacial score (nSPS) is 11.4. The number of aromatic nitrogens is 2. The average molecular weight is 558 g/mol. The Morgan fingerprint density at radius 2 is 1.68 bits per heavy atom. The number of nitrogens with zero attached hydrogens (tertiary/aromatic N) is 3. The highest BCUT2D eigenvalue weighted by Crippen LogP contribution is 2.40. The zero-order valence-electron chi connectivity index (χ0n) is 21.0. The van der Waals surface area contributed by atoms with E-state index in [0.717, 1.165) is 16.5 Å². The number of rotatable bonds is 7. The monoisotopic (exact) mass is 556 g/mol. The van der Waals surface area contributed by atoms with Crippen LogP contribution in [0.5, 0.6) is 0 Å². The largest absolute Gasteiger partial charge is 0.368 e. The number of anilines is 1. The number of nitrogens with two attached hydrogens (primary N) is 1. The van der Waals surface area contributed by atoms with Gasteiger partial charge in [-0.2, -0.15) is 0 Å². The summed E-state index contributed by atoms with van der Waals surface area (Å²) in [6.45, 7) is 6.26. The maximum atomic E-state index is 13.6. The first-order valence-corrected chi connectivity index (χ1v) is 12.9. The molecule has 2 heterocycles. The lowest BCUT2D eigenvalue weighted by Gasteiger charge is -2.25. The molecule has 2 aromatic carbocycles. The van der Waals surface area contributed by atoms with Crippen LogP contribution in [0.4, 0.5) is 5.69 Å². The molecule has 0 atom stereocenters. The number of pyridine rings is 2. The fraction of sp³-hybridized carbons (Fsp3) is 0.250. The third-order valence-electron chi connectivity index (χ3n) is 6.10. The highest BCUT2D eigenvalue weighted by molar-refractivity contribution is 6.36. The van der Waals surface area contributed by atoms with E-state index in [1.165, 1.54) is 0 Å². The number of carbonyl (C=O) groups excluding carboxylic acids is 1. The topological polar surface area (TPSA) is 81.2 Å². The van der Waals surface area contributed by atoms with Crippen LogP contribution in [0.25, 0.3) is 33.4 Å². The van der Waals surface area contributed by atoms with Gasteiger partial charge < -0.3 is 10.6 Å². The van der Waals surface area contributed by atoms with Crippen LogP contribution in [0.2, 0.25) is 15.1 Å². The van der Waals surface area contributed by atoms with Crippen molar-refractivity contribution in [3.8, 4) is 22.4 Å². The molecule has 37 heavy (non-hydrogen) atoms. The quantitative estimate of drug-likeness (QED) is 0.278. The van der Waals surface area contributed by atoms with E-state index in [1.807, 2.05) is 38.1 Å². The Kier molecular flexibility index (Phi) is 7.83. The van der Waals surface area contributed by atoms with Crippen molar-refractivity contribution in [3.63, 3.8) is 0 Å². The summed E-state index contributed by atoms with van der Waals surface area (Å²) in [6, 6.07) is 14.6. The summed E-state index contributed by atoms with van der Waals surface area (Å²) >= 11 is 19.0. The van der Waals surface area contributed by atoms with E-state index >= 15 is 0 Å². The van der Waals surface area contributed by atoms with Crippen molar-refractivity contribution >= 4 is 57.4 Å². The van der Waals surface area contributed by atoms with Crippen molar-refractivity contribution < 1.29 is 4.79 Å². The number of likely N-dealkylation sites (N-methyl/N-ethyl adjacent to an activating group) is 1. The summed E-state index contributed by atoms with van der Waals surface area (Å²) in [5.41, 5.74) is 9.87. The fourth-order valence-corrected chi connectivity index (χ4v) is 5.19. The van der Waals surface area contributed by atoms with E-state index in [9.17, 15) is 9.59 Å². The smallest absolute Gasteiger partial charge is 0.257 e. The third kappa shape index (κ3) is 5.47. The number of hydrogen-bond donors (Lipinski definition) is 1. The van der Waals surface area contributed by atoms with Gasteiger partial charge in [0.15, 0.2) is 0 Å². The highest BCUT2D eigenvalue weighted by Gasteiger charge is 2.23. The number of halogens is 3. The highest BCUT2D eigenvalue weighted by atomic mass is 35.5. The zero-order chi connectivity index (χ0) is 27.0. The van der Waals surface area contributed by atoms with Crippen LogP contribution >= 0.6 is 34.8 Å². The van der Waals surface area contributed by atoms with E-state index in [2.05, 4.69) is 0 Å². The molecule has 4 aromatic rings. The first-order valence-electron chi connectivity index (χ1n) is 11.8. The van der Waals surface area contributed by atoms with Crippen LogP contribution in [0.1, 0.15) is 19.4 Å². The van der Waals surface area contributed by atoms with Crippen LogP contribution in [-0.4, -0.2) is 29.1 Å². The minimum atomic E-state index is -0.503. The van der Waals surface area contributed by atoms with Gasteiger partial charge in [0, 0.05) is 45.7 Å². The predicted molar refractivity (Wildman–Crippen MR) is 154 cm³/mol. The van der Waals surface area contributed by atoms with Gasteiger partial charge in [0.05, 0.1) is 22.9 Å². The molecule has 0 aliphatic heterocycles. The molecule has 0 radical (unpaired) electrons. The van der Waals surface area contributed by atoms with Crippen LogP contribution in [0.3, 0.4) is 0 Å². The van der Waals surface area contributed by atoms with Crippen LogP contribution in [-0.2, 0) is 11.3 Å². The SMILES string of the molecule is Cc1c(N(C)CC(N)=O)c2cc(-c3ccc(Cl)cc3)c(-c3ccc(Cl)cc3Cl)nc2n(CC(C)C)c1=O. The van der Waals surface area contributed by atoms with Crippen LogP contribution in [0.15, 0.2) is 53.3 Å². The molecule has 0 aliphatic rings. The van der Waals surface area contributed by atoms with E-state index < -0.39 is 5.91 Å². The molecule has 0 saturated heterocycles. The Hall–Kier alpha value is -3.06. The minimum absolute atomic E-state index is 0.0510. The summed E-state index contributed by atoms with van der Waals surface area (Å²) in [5, 5.41) is 2.27. The molecule has 2 aromatic heterocycles. The molecule has 0 unspecified atom stereocenters. The maximum absolute atomic E-state index is 13.6. The number of benzene rings is 2. The molecule has 192 valence electrons. The summed E-state index contributed by atoms with van der Waals surface area (Å²) in [4.78, 5) is 32.2. The lowest BCUT2D eigenvalue weighted by Crippen LogP contribution is -2.34. The molecular formula is C28H27Cl3N4O2. The minimum Gasteiger partial charge on any atom is -0.368 e. The molecule has 0 bridgehead atoms. The Balaban J connectivity index is 2.18. The van der Waals surface area contributed by atoms with Crippen molar-refractivity contribution in [2.75, 3.05) is 18.5 Å². The van der Waals surface area contributed by atoms with E-state index in [1.54, 1.807) is 47.7 Å². The number of hydrogen-bond acceptors (Lipinski definition) is 4. The maximum Gasteiger partial charge on any atom is 0.257 e. The van der Waals surface area contributed by atoms with Crippen molar-refractivity contribution in [2.24, 2.45) is 11.7 Å². The predicted octanol–water partition coefficient (Wildman–Crippen LogP) is 6.58. The lowest BCUT2D eigenvalue weighted by molar-refractivity contribution is -0.116. The van der Waals surface area contributed by atoms with E-state index in [0.29, 0.717) is 49.8 Å². The second-order valence-electron chi connectivity index (χ2n) is 9.49. The molecule has 1 amide bonds. The molecular weight excluding hydrogens is 531 g/mol. The molecule has 4 rings (SSSR count). The number of carbonyl (C=O) groups is 1. The van der Waals surface area contributed by atoms with Gasteiger partial charge in [0.25, 0.3) is 5.56 Å². The summed E-state index contributed by atoms with van der Waals surface area (Å²) < 4.78 is 1.69. The lowest BCUT2D eigenvalue weighted by atomic mass is 9.96. The molecule has 0 aliphatic carbocycles. The molecule has 2 N–H and O–H groups in total. The Morgan fingerprint density at radius 1 is 1.03 bits per heavy atom. The van der Waals surface area contributed by atoms with E-state index in [4.69, 9.17) is 45.5 Å². The van der Waals surface area contributed by atoms with Gasteiger partial charge in [-0.15, -0.1) is 0 Å². The van der Waals surface area contributed by atoms with Gasteiger partial charge in [-0.25, -0.2) is 4.98 Å². The van der Waals surface area contributed by atoms with Gasteiger partial charge in [-0.3, -0.25) is 14.2 Å². The average Bonchev–Trinajstić information content (AvgIpc) is 2.81. The fourth-order valence-electron chi connectivity index (χ4n) is 4.56. The Labute approximate surface area is 230 Å². The molecule has 0 spiro atoms. The molecule has 0 fully saturated rings. The van der Waals surface area contributed by atoms with Crippen LogP contribution in [0, 0.1) is 12.8 Å². The number of fused-ring (bicyclic) bond motifs is 1. The number of primary amides is 1. The van der Waals surface area contributed by atoms with E-state index in [-0.39, 0.29) is 18.0 Å². The van der Waals surface area contributed by atoms with Crippen molar-refractivity contribution in [3.05, 3.63) is 79.5 Å². The zero-order valence-corrected chi connectivity index (χ0v) is 23.2. The van der Waals surface area contributed by atoms with Gasteiger partial charge in [0.1, 0.15) is 5.65 Å². The Morgan fingerprint density at radius 3 is 2.27 bits per heavy atom. The third-order valence-corrected chi connectivity index (χ3v) is 6.90. The standard InChI is InChI=1S/C28H27Cl3N4O2/c1-15(2)13-35-27-22(26(16(3)28(35)37)34(4)14-24(32)36)12-21(17-5-7-18(29)8-6-17)25(33-27)20-10-9-19(30)11-23(20)31/h5-12,15H,13-14H2,1-4H3,(H2,32,36). The molecule has 6 nitrogen and oxygen atoms in total. The van der Waals surface area contributed by atoms with Gasteiger partial charge in [-0.1, -0.05) is 60.8 Å². The summed E-state index contributed by atoms with van der Waals surface area (Å²) in [7, 11) is 1.74. The van der Waals surface area contributed by atoms with Crippen molar-refractivity contribution in [1.29, 1.82) is 0 Å². The van der Waals surface area contributed by atoms with Crippen LogP contribution < -0.4 is 16.2 Å². The summed E-state index contributed by atoms with van der Waals surface area (Å²) in [6.07, 6.45) is 0. The number of amides is 1. The summed E-state index contributed by atoms with van der Waals surface area (Å²) in [5.74, 6) is -0.313. The van der Waals surface area contributed by atoms with Gasteiger partial charge in [0.2, 0.25) is 5.91 Å².